The molecule has 1 unspecified atom stereocenters. The van der Waals surface area contributed by atoms with Gasteiger partial charge in [-0.3, -0.25) is 5.32 Å². The molecule has 100 valence electrons. The minimum absolute atomic E-state index is 0.104. The minimum atomic E-state index is -0.174. The van der Waals surface area contributed by atoms with E-state index in [1.54, 1.807) is 17.0 Å². The number of anilines is 1. The SMILES string of the molecule is CCC1COCCN1C(=O)Nc1ccc(C#N)cn1. The Labute approximate surface area is 112 Å². The maximum atomic E-state index is 12.1. The molecule has 19 heavy (non-hydrogen) atoms. The third-order valence-corrected chi connectivity index (χ3v) is 3.09. The van der Waals surface area contributed by atoms with Crippen molar-refractivity contribution in [3.63, 3.8) is 0 Å². The molecule has 2 rings (SSSR count). The number of aromatic nitrogens is 1. The van der Waals surface area contributed by atoms with Crippen molar-refractivity contribution in [3.8, 4) is 6.07 Å². The van der Waals surface area contributed by atoms with E-state index in [1.807, 2.05) is 13.0 Å². The van der Waals surface area contributed by atoms with Crippen molar-refractivity contribution in [2.24, 2.45) is 0 Å². The second-order valence-electron chi connectivity index (χ2n) is 4.30. The molecule has 1 fully saturated rings. The second-order valence-corrected chi connectivity index (χ2v) is 4.30. The molecule has 0 aliphatic carbocycles. The first kappa shape index (κ1) is 13.3. The highest BCUT2D eigenvalue weighted by molar-refractivity contribution is 5.88. The molecule has 6 nitrogen and oxygen atoms in total. The Morgan fingerprint density at radius 1 is 1.68 bits per heavy atom. The van der Waals surface area contributed by atoms with E-state index in [1.165, 1.54) is 6.20 Å². The van der Waals surface area contributed by atoms with Gasteiger partial charge in [-0.15, -0.1) is 0 Å². The van der Waals surface area contributed by atoms with Crippen molar-refractivity contribution in [1.29, 1.82) is 5.26 Å². The molecule has 0 spiro atoms. The van der Waals surface area contributed by atoms with Crippen molar-refractivity contribution >= 4 is 11.8 Å². The summed E-state index contributed by atoms with van der Waals surface area (Å²) in [6, 6.07) is 5.16. The predicted octanol–water partition coefficient (Wildman–Crippen LogP) is 1.60. The lowest BCUT2D eigenvalue weighted by atomic mass is 10.2. The van der Waals surface area contributed by atoms with E-state index in [4.69, 9.17) is 10.00 Å². The van der Waals surface area contributed by atoms with Crippen LogP contribution in [0.4, 0.5) is 10.6 Å². The Hall–Kier alpha value is -2.13. The fraction of sp³-hybridized carbons (Fsp3) is 0.462. The lowest BCUT2D eigenvalue weighted by molar-refractivity contribution is 0.0143. The van der Waals surface area contributed by atoms with Crippen LogP contribution in [0.15, 0.2) is 18.3 Å². The average molecular weight is 260 g/mol. The Morgan fingerprint density at radius 2 is 2.53 bits per heavy atom. The summed E-state index contributed by atoms with van der Waals surface area (Å²) in [4.78, 5) is 17.9. The van der Waals surface area contributed by atoms with E-state index in [9.17, 15) is 4.79 Å². The summed E-state index contributed by atoms with van der Waals surface area (Å²) in [7, 11) is 0. The molecule has 0 bridgehead atoms. The number of nitrogens with one attached hydrogen (secondary N) is 1. The lowest BCUT2D eigenvalue weighted by Gasteiger charge is -2.34. The first-order valence-electron chi connectivity index (χ1n) is 6.26. The van der Waals surface area contributed by atoms with Crippen LogP contribution >= 0.6 is 0 Å². The second kappa shape index (κ2) is 6.16. The highest BCUT2D eigenvalue weighted by Crippen LogP contribution is 2.13. The first-order valence-corrected chi connectivity index (χ1v) is 6.26. The molecule has 2 amide bonds. The molecule has 0 radical (unpaired) electrons. The Kier molecular flexibility index (Phi) is 4.31. The normalized spacial score (nSPS) is 18.7. The molecule has 0 saturated carbocycles. The maximum absolute atomic E-state index is 12.1. The zero-order valence-electron chi connectivity index (χ0n) is 10.8. The van der Waals surface area contributed by atoms with E-state index in [-0.39, 0.29) is 12.1 Å². The third kappa shape index (κ3) is 3.20. The molecule has 1 saturated heterocycles. The summed E-state index contributed by atoms with van der Waals surface area (Å²) in [6.45, 7) is 3.75. The van der Waals surface area contributed by atoms with Crippen molar-refractivity contribution in [3.05, 3.63) is 23.9 Å². The topological polar surface area (TPSA) is 78.2 Å². The van der Waals surface area contributed by atoms with Gasteiger partial charge in [-0.05, 0) is 18.6 Å². The van der Waals surface area contributed by atoms with Gasteiger partial charge in [0.2, 0.25) is 0 Å². The Morgan fingerprint density at radius 3 is 3.16 bits per heavy atom. The van der Waals surface area contributed by atoms with E-state index in [0.29, 0.717) is 31.1 Å². The summed E-state index contributed by atoms with van der Waals surface area (Å²) >= 11 is 0. The molecule has 1 aromatic rings. The largest absolute Gasteiger partial charge is 0.377 e. The summed E-state index contributed by atoms with van der Waals surface area (Å²) in [5.74, 6) is 0.449. The van der Waals surface area contributed by atoms with Crippen LogP contribution in [0.25, 0.3) is 0 Å². The number of nitrogens with zero attached hydrogens (tertiary/aromatic N) is 3. The number of ether oxygens (including phenoxy) is 1. The summed E-state index contributed by atoms with van der Waals surface area (Å²) in [6.07, 6.45) is 2.29. The predicted molar refractivity (Wildman–Crippen MR) is 69.6 cm³/mol. The molecule has 6 heteroatoms. The van der Waals surface area contributed by atoms with Gasteiger partial charge in [-0.1, -0.05) is 6.92 Å². The summed E-state index contributed by atoms with van der Waals surface area (Å²) < 4.78 is 5.36. The van der Waals surface area contributed by atoms with E-state index in [2.05, 4.69) is 10.3 Å². The van der Waals surface area contributed by atoms with Crippen LogP contribution in [0.5, 0.6) is 0 Å². The molecule has 1 aliphatic rings. The monoisotopic (exact) mass is 260 g/mol. The van der Waals surface area contributed by atoms with E-state index in [0.717, 1.165) is 6.42 Å². The number of morpholine rings is 1. The van der Waals surface area contributed by atoms with Crippen LogP contribution in [-0.4, -0.2) is 41.7 Å². The Balaban J connectivity index is 2.01. The van der Waals surface area contributed by atoms with Crippen LogP contribution < -0.4 is 5.32 Å². The highest BCUT2D eigenvalue weighted by atomic mass is 16.5. The number of rotatable bonds is 2. The van der Waals surface area contributed by atoms with Crippen LogP contribution in [-0.2, 0) is 4.74 Å². The average Bonchev–Trinajstić information content (AvgIpc) is 2.48. The first-order chi connectivity index (χ1) is 9.24. The lowest BCUT2D eigenvalue weighted by Crippen LogP contribution is -2.50. The minimum Gasteiger partial charge on any atom is -0.377 e. The third-order valence-electron chi connectivity index (χ3n) is 3.09. The van der Waals surface area contributed by atoms with Crippen molar-refractivity contribution in [2.75, 3.05) is 25.1 Å². The maximum Gasteiger partial charge on any atom is 0.323 e. The fourth-order valence-corrected chi connectivity index (χ4v) is 1.98. The molecular formula is C13H16N4O2. The molecule has 1 N–H and O–H groups in total. The van der Waals surface area contributed by atoms with Gasteiger partial charge in [0.15, 0.2) is 0 Å². The quantitative estimate of drug-likeness (QED) is 0.876. The zero-order valence-corrected chi connectivity index (χ0v) is 10.8. The summed E-state index contributed by atoms with van der Waals surface area (Å²) in [5.41, 5.74) is 0.468. The van der Waals surface area contributed by atoms with Gasteiger partial charge in [-0.2, -0.15) is 5.26 Å². The van der Waals surface area contributed by atoms with Gasteiger partial charge in [0, 0.05) is 12.7 Å². The number of carbonyl (C=O) groups is 1. The van der Waals surface area contributed by atoms with E-state index < -0.39 is 0 Å². The van der Waals surface area contributed by atoms with Crippen molar-refractivity contribution in [1.82, 2.24) is 9.88 Å². The Bertz CT molecular complexity index is 480. The fourth-order valence-electron chi connectivity index (χ4n) is 1.98. The van der Waals surface area contributed by atoms with Crippen LogP contribution in [0.2, 0.25) is 0 Å². The number of nitriles is 1. The molecule has 0 aromatic carbocycles. The van der Waals surface area contributed by atoms with E-state index >= 15 is 0 Å². The van der Waals surface area contributed by atoms with Gasteiger partial charge < -0.3 is 9.64 Å². The standard InChI is InChI=1S/C13H16N4O2/c1-2-11-9-19-6-5-17(11)13(18)16-12-4-3-10(7-14)8-15-12/h3-4,8,11H,2,5-6,9H2,1H3,(H,15,16,18). The van der Waals surface area contributed by atoms with Crippen molar-refractivity contribution in [2.45, 2.75) is 19.4 Å². The number of amides is 2. The number of pyridine rings is 1. The van der Waals surface area contributed by atoms with Crippen LogP contribution in [0.3, 0.4) is 0 Å². The van der Waals surface area contributed by atoms with Crippen molar-refractivity contribution < 1.29 is 9.53 Å². The zero-order chi connectivity index (χ0) is 13.7. The number of urea groups is 1. The summed E-state index contributed by atoms with van der Waals surface area (Å²) in [5, 5.41) is 11.4. The number of hydrogen-bond acceptors (Lipinski definition) is 4. The van der Waals surface area contributed by atoms with Gasteiger partial charge in [0.1, 0.15) is 11.9 Å². The van der Waals surface area contributed by atoms with Crippen LogP contribution in [0.1, 0.15) is 18.9 Å². The molecule has 1 aromatic heterocycles. The molecule has 1 atom stereocenters. The molecule has 1 aliphatic heterocycles. The molecular weight excluding hydrogens is 244 g/mol. The van der Waals surface area contributed by atoms with Crippen LogP contribution in [0, 0.1) is 11.3 Å². The number of hydrogen-bond donors (Lipinski definition) is 1. The molecule has 2 heterocycles. The van der Waals surface area contributed by atoms with Gasteiger partial charge in [-0.25, -0.2) is 9.78 Å². The number of carbonyl (C=O) groups excluding carboxylic acids is 1. The highest BCUT2D eigenvalue weighted by Gasteiger charge is 2.25. The van der Waals surface area contributed by atoms with Gasteiger partial charge >= 0.3 is 6.03 Å². The van der Waals surface area contributed by atoms with Gasteiger partial charge in [0.05, 0.1) is 24.8 Å². The smallest absolute Gasteiger partial charge is 0.323 e. The van der Waals surface area contributed by atoms with Gasteiger partial charge in [0.25, 0.3) is 0 Å².